The van der Waals surface area contributed by atoms with Crippen molar-refractivity contribution in [2.24, 2.45) is 0 Å². The molecule has 1 aromatic carbocycles. The fourth-order valence-electron chi connectivity index (χ4n) is 3.21. The molecule has 2 aromatic heterocycles. The number of hydrogen-bond acceptors (Lipinski definition) is 4. The number of imide groups is 1. The van der Waals surface area contributed by atoms with Crippen LogP contribution in [-0.4, -0.2) is 37.8 Å². The highest BCUT2D eigenvalue weighted by molar-refractivity contribution is 6.26. The van der Waals surface area contributed by atoms with E-state index in [1.54, 1.807) is 19.4 Å². The summed E-state index contributed by atoms with van der Waals surface area (Å²) >= 11 is 0. The molecule has 0 unspecified atom stereocenters. The zero-order chi connectivity index (χ0) is 16.7. The molecule has 1 aliphatic heterocycles. The first-order chi connectivity index (χ1) is 11.7. The molecule has 3 heterocycles. The molecule has 0 aliphatic carbocycles. The van der Waals surface area contributed by atoms with E-state index in [0.29, 0.717) is 36.3 Å². The van der Waals surface area contributed by atoms with Gasteiger partial charge in [-0.1, -0.05) is 18.2 Å². The van der Waals surface area contributed by atoms with Crippen LogP contribution in [0.4, 0.5) is 0 Å². The van der Waals surface area contributed by atoms with Gasteiger partial charge in [0.05, 0.1) is 28.7 Å². The van der Waals surface area contributed by atoms with E-state index in [9.17, 15) is 9.59 Å². The van der Waals surface area contributed by atoms with Crippen molar-refractivity contribution >= 4 is 22.7 Å². The number of rotatable bonds is 4. The Kier molecular flexibility index (Phi) is 3.37. The Morgan fingerprint density at radius 2 is 1.83 bits per heavy atom. The lowest BCUT2D eigenvalue weighted by Gasteiger charge is -2.13. The highest BCUT2D eigenvalue weighted by Gasteiger charge is 2.38. The van der Waals surface area contributed by atoms with Crippen molar-refractivity contribution in [1.82, 2.24) is 19.4 Å². The Morgan fingerprint density at radius 1 is 1.04 bits per heavy atom. The lowest BCUT2D eigenvalue weighted by Crippen LogP contribution is -2.31. The summed E-state index contributed by atoms with van der Waals surface area (Å²) < 4.78 is 1.93. The third kappa shape index (κ3) is 2.19. The fraction of sp³-hybridized carbons (Fsp3) is 0.222. The van der Waals surface area contributed by atoms with Gasteiger partial charge in [-0.05, 0) is 19.4 Å². The van der Waals surface area contributed by atoms with Gasteiger partial charge in [-0.25, -0.2) is 4.98 Å². The van der Waals surface area contributed by atoms with Gasteiger partial charge in [0.15, 0.2) is 0 Å². The van der Waals surface area contributed by atoms with Gasteiger partial charge in [0, 0.05) is 30.9 Å². The first-order valence-electron chi connectivity index (χ1n) is 7.88. The minimum absolute atomic E-state index is 0.220. The van der Waals surface area contributed by atoms with Gasteiger partial charge in [0.25, 0.3) is 11.8 Å². The molecule has 0 saturated heterocycles. The lowest BCUT2D eigenvalue weighted by atomic mass is 10.0. The Labute approximate surface area is 138 Å². The van der Waals surface area contributed by atoms with Crippen molar-refractivity contribution in [3.63, 3.8) is 0 Å². The number of aromatic nitrogens is 3. The summed E-state index contributed by atoms with van der Waals surface area (Å²) in [5.74, 6) is -0.460. The Balaban J connectivity index is 1.65. The van der Waals surface area contributed by atoms with E-state index in [4.69, 9.17) is 0 Å². The summed E-state index contributed by atoms with van der Waals surface area (Å²) in [5.41, 5.74) is 2.29. The Hall–Kier alpha value is -3.02. The van der Waals surface area contributed by atoms with E-state index in [2.05, 4.69) is 9.97 Å². The SMILES string of the molecule is Cc1nc2ccccc2c2c1C(=O)N(CCCn1ccnc1)C2=O. The number of aryl methyl sites for hydroxylation is 2. The van der Waals surface area contributed by atoms with Gasteiger partial charge >= 0.3 is 0 Å². The fourth-order valence-corrected chi connectivity index (χ4v) is 3.21. The van der Waals surface area contributed by atoms with Gasteiger partial charge in [0.2, 0.25) is 0 Å². The van der Waals surface area contributed by atoms with Gasteiger partial charge in [-0.15, -0.1) is 0 Å². The molecule has 4 rings (SSSR count). The van der Waals surface area contributed by atoms with Crippen molar-refractivity contribution in [1.29, 1.82) is 0 Å². The number of benzene rings is 1. The van der Waals surface area contributed by atoms with E-state index >= 15 is 0 Å². The standard InChI is InChI=1S/C18H16N4O2/c1-12-15-16(13-5-2-3-6-14(13)20-12)18(24)22(17(15)23)9-4-8-21-10-7-19-11-21/h2-3,5-7,10-11H,4,8-9H2,1H3. The predicted octanol–water partition coefficient (Wildman–Crippen LogP) is 2.43. The molecule has 120 valence electrons. The number of pyridine rings is 1. The molecular weight excluding hydrogens is 304 g/mol. The number of imidazole rings is 1. The molecule has 2 amide bonds. The molecule has 0 saturated carbocycles. The summed E-state index contributed by atoms with van der Waals surface area (Å²) in [4.78, 5) is 35.3. The minimum Gasteiger partial charge on any atom is -0.337 e. The molecule has 0 fully saturated rings. The molecule has 0 bridgehead atoms. The van der Waals surface area contributed by atoms with Crippen LogP contribution in [-0.2, 0) is 6.54 Å². The van der Waals surface area contributed by atoms with E-state index in [1.807, 2.05) is 35.0 Å². The lowest BCUT2D eigenvalue weighted by molar-refractivity contribution is 0.0651. The van der Waals surface area contributed by atoms with Gasteiger partial charge in [-0.3, -0.25) is 19.5 Å². The third-order valence-electron chi connectivity index (χ3n) is 4.35. The van der Waals surface area contributed by atoms with Crippen molar-refractivity contribution in [2.45, 2.75) is 19.9 Å². The van der Waals surface area contributed by atoms with E-state index in [1.165, 1.54) is 4.90 Å². The summed E-state index contributed by atoms with van der Waals surface area (Å²) in [6.45, 7) is 2.88. The second kappa shape index (κ2) is 5.56. The van der Waals surface area contributed by atoms with Crippen LogP contribution in [0.25, 0.3) is 10.9 Å². The number of carbonyl (C=O) groups is 2. The van der Waals surface area contributed by atoms with Crippen molar-refractivity contribution in [3.05, 3.63) is 59.8 Å². The molecular formula is C18H16N4O2. The molecule has 1 aliphatic rings. The maximum atomic E-state index is 12.8. The average Bonchev–Trinajstić information content (AvgIpc) is 3.17. The normalized spacial score (nSPS) is 13.8. The molecule has 0 spiro atoms. The van der Waals surface area contributed by atoms with Gasteiger partial charge in [0.1, 0.15) is 0 Å². The highest BCUT2D eigenvalue weighted by atomic mass is 16.2. The van der Waals surface area contributed by atoms with Crippen LogP contribution in [0.1, 0.15) is 32.8 Å². The Bertz CT molecular complexity index is 947. The van der Waals surface area contributed by atoms with Crippen LogP contribution in [0.15, 0.2) is 43.0 Å². The largest absolute Gasteiger partial charge is 0.337 e. The molecule has 3 aromatic rings. The number of fused-ring (bicyclic) bond motifs is 3. The van der Waals surface area contributed by atoms with Crippen molar-refractivity contribution in [3.8, 4) is 0 Å². The minimum atomic E-state index is -0.239. The molecule has 0 N–H and O–H groups in total. The third-order valence-corrected chi connectivity index (χ3v) is 4.35. The number of para-hydroxylation sites is 1. The van der Waals surface area contributed by atoms with E-state index < -0.39 is 0 Å². The van der Waals surface area contributed by atoms with Crippen molar-refractivity contribution in [2.75, 3.05) is 6.54 Å². The number of hydrogen-bond donors (Lipinski definition) is 0. The second-order valence-electron chi connectivity index (χ2n) is 5.88. The monoisotopic (exact) mass is 320 g/mol. The van der Waals surface area contributed by atoms with Crippen LogP contribution < -0.4 is 0 Å². The number of amides is 2. The van der Waals surface area contributed by atoms with Gasteiger partial charge in [-0.2, -0.15) is 0 Å². The summed E-state index contributed by atoms with van der Waals surface area (Å²) in [7, 11) is 0. The number of nitrogens with zero attached hydrogens (tertiary/aromatic N) is 4. The zero-order valence-electron chi connectivity index (χ0n) is 13.3. The van der Waals surface area contributed by atoms with E-state index in [-0.39, 0.29) is 11.8 Å². The molecule has 6 nitrogen and oxygen atoms in total. The molecule has 0 atom stereocenters. The maximum absolute atomic E-state index is 12.8. The van der Waals surface area contributed by atoms with Crippen molar-refractivity contribution < 1.29 is 9.59 Å². The Morgan fingerprint density at radius 3 is 2.62 bits per heavy atom. The quantitative estimate of drug-likeness (QED) is 0.692. The van der Waals surface area contributed by atoms with E-state index in [0.717, 1.165) is 10.9 Å². The second-order valence-corrected chi connectivity index (χ2v) is 5.88. The van der Waals surface area contributed by atoms with Crippen LogP contribution in [0.5, 0.6) is 0 Å². The molecule has 6 heteroatoms. The van der Waals surface area contributed by atoms with Crippen LogP contribution in [0.2, 0.25) is 0 Å². The first kappa shape index (κ1) is 14.6. The number of carbonyl (C=O) groups excluding carboxylic acids is 2. The van der Waals surface area contributed by atoms with Crippen LogP contribution >= 0.6 is 0 Å². The first-order valence-corrected chi connectivity index (χ1v) is 7.88. The average molecular weight is 320 g/mol. The summed E-state index contributed by atoms with van der Waals surface area (Å²) in [6.07, 6.45) is 5.99. The highest BCUT2D eigenvalue weighted by Crippen LogP contribution is 2.31. The topological polar surface area (TPSA) is 68.1 Å². The molecule has 24 heavy (non-hydrogen) atoms. The molecule has 0 radical (unpaired) electrons. The van der Waals surface area contributed by atoms with Gasteiger partial charge < -0.3 is 4.57 Å². The summed E-state index contributed by atoms with van der Waals surface area (Å²) in [6, 6.07) is 7.45. The van der Waals surface area contributed by atoms with Crippen LogP contribution in [0, 0.1) is 6.92 Å². The van der Waals surface area contributed by atoms with Crippen LogP contribution in [0.3, 0.4) is 0 Å². The predicted molar refractivity (Wildman–Crippen MR) is 88.7 cm³/mol. The zero-order valence-corrected chi connectivity index (χ0v) is 13.3. The smallest absolute Gasteiger partial charge is 0.263 e. The summed E-state index contributed by atoms with van der Waals surface area (Å²) in [5, 5.41) is 0.744. The maximum Gasteiger partial charge on any atom is 0.263 e.